The van der Waals surface area contributed by atoms with Gasteiger partial charge in [-0.05, 0) is 24.6 Å². The van der Waals surface area contributed by atoms with Gasteiger partial charge in [0, 0.05) is 44.3 Å². The monoisotopic (exact) mass is 510 g/mol. The fourth-order valence-corrected chi connectivity index (χ4v) is 4.29. The summed E-state index contributed by atoms with van der Waals surface area (Å²) in [5, 5.41) is 11.8. The van der Waals surface area contributed by atoms with Crippen LogP contribution in [-0.2, 0) is 22.7 Å². The van der Waals surface area contributed by atoms with Crippen LogP contribution in [0.1, 0.15) is 22.8 Å². The Labute approximate surface area is 211 Å². The molecule has 0 bridgehead atoms. The van der Waals surface area contributed by atoms with Crippen LogP contribution in [0.4, 0.5) is 14.9 Å². The molecule has 0 saturated carbocycles. The molecule has 0 unspecified atom stereocenters. The van der Waals surface area contributed by atoms with Crippen molar-refractivity contribution in [1.82, 2.24) is 14.8 Å². The Balaban J connectivity index is 1.37. The van der Waals surface area contributed by atoms with E-state index in [1.165, 1.54) is 6.20 Å². The second-order valence-electron chi connectivity index (χ2n) is 8.57. The van der Waals surface area contributed by atoms with Crippen molar-refractivity contribution >= 4 is 34.6 Å². The molecule has 0 aliphatic carbocycles. The molecule has 11 heteroatoms. The molecule has 0 radical (unpaired) electrons. The number of pyridine rings is 1. The molecule has 2 N–H and O–H groups in total. The molecule has 0 spiro atoms. The third-order valence-electron chi connectivity index (χ3n) is 6.29. The van der Waals surface area contributed by atoms with Gasteiger partial charge in [0.1, 0.15) is 24.5 Å². The predicted octanol–water partition coefficient (Wildman–Crippen LogP) is 2.43. The van der Waals surface area contributed by atoms with Gasteiger partial charge in [-0.15, -0.1) is 0 Å². The van der Waals surface area contributed by atoms with Crippen LogP contribution in [0.3, 0.4) is 0 Å². The Hall–Kier alpha value is -4.41. The largest absolute Gasteiger partial charge is 0.477 e. The first-order valence-electron chi connectivity index (χ1n) is 11.9. The van der Waals surface area contributed by atoms with E-state index in [1.54, 1.807) is 27.4 Å². The van der Waals surface area contributed by atoms with Gasteiger partial charge in [0.25, 0.3) is 0 Å². The number of aromatic nitrogens is 1. The normalized spacial score (nSPS) is 13.5. The van der Waals surface area contributed by atoms with Gasteiger partial charge >= 0.3 is 12.1 Å². The van der Waals surface area contributed by atoms with Gasteiger partial charge in [0.05, 0.1) is 11.2 Å². The summed E-state index contributed by atoms with van der Waals surface area (Å²) in [6.45, 7) is 3.39. The van der Waals surface area contributed by atoms with Gasteiger partial charge in [-0.3, -0.25) is 9.59 Å². The van der Waals surface area contributed by atoms with Crippen LogP contribution < -0.4 is 15.6 Å². The zero-order valence-electron chi connectivity index (χ0n) is 20.3. The molecule has 1 aromatic heterocycles. The standard InChI is InChI=1S/C26H27FN4O6/c1-2-29-15-19(25(34)35)24(33)18-12-20(27)22(13-21(18)29)30-8-10-31(11-9-30)23(32)14-28-26(36)37-16-17-6-4-3-5-7-17/h3-7,12-13,15H,2,8-11,14,16H2,1H3,(H,28,36)(H,34,35). The van der Waals surface area contributed by atoms with Gasteiger partial charge in [-0.25, -0.2) is 14.0 Å². The number of rotatable bonds is 7. The number of halogens is 1. The lowest BCUT2D eigenvalue weighted by molar-refractivity contribution is -0.130. The SMILES string of the molecule is CCn1cc(C(=O)O)c(=O)c2cc(F)c(N3CCN(C(=O)CNC(=O)OCc4ccccc4)CC3)cc21. The van der Waals surface area contributed by atoms with E-state index in [0.717, 1.165) is 11.6 Å². The number of aryl methyl sites for hydroxylation is 1. The predicted molar refractivity (Wildman–Crippen MR) is 134 cm³/mol. The van der Waals surface area contributed by atoms with E-state index in [1.807, 2.05) is 30.3 Å². The van der Waals surface area contributed by atoms with Crippen LogP contribution >= 0.6 is 0 Å². The summed E-state index contributed by atoms with van der Waals surface area (Å²) in [5.41, 5.74) is 0.394. The van der Waals surface area contributed by atoms with Gasteiger partial charge in [0.15, 0.2) is 0 Å². The Morgan fingerprint density at radius 3 is 2.43 bits per heavy atom. The van der Waals surface area contributed by atoms with Crippen molar-refractivity contribution in [3.8, 4) is 0 Å². The molecule has 10 nitrogen and oxygen atoms in total. The molecule has 1 aliphatic rings. The molecular weight excluding hydrogens is 483 g/mol. The fourth-order valence-electron chi connectivity index (χ4n) is 4.29. The van der Waals surface area contributed by atoms with Gasteiger partial charge in [-0.1, -0.05) is 30.3 Å². The van der Waals surface area contributed by atoms with E-state index in [0.29, 0.717) is 38.2 Å². The lowest BCUT2D eigenvalue weighted by Gasteiger charge is -2.36. The molecule has 2 amide bonds. The number of nitrogens with one attached hydrogen (secondary N) is 1. The number of piperazine rings is 1. The Morgan fingerprint density at radius 1 is 1.08 bits per heavy atom. The number of hydrogen-bond donors (Lipinski definition) is 2. The number of hydrogen-bond acceptors (Lipinski definition) is 6. The van der Waals surface area contributed by atoms with Crippen LogP contribution in [-0.4, -0.2) is 65.3 Å². The highest BCUT2D eigenvalue weighted by atomic mass is 19.1. The zero-order valence-corrected chi connectivity index (χ0v) is 20.3. The number of benzene rings is 2. The van der Waals surface area contributed by atoms with Crippen LogP contribution in [0.25, 0.3) is 10.9 Å². The molecule has 2 aromatic carbocycles. The summed E-state index contributed by atoms with van der Waals surface area (Å²) < 4.78 is 21.7. The van der Waals surface area contributed by atoms with Crippen molar-refractivity contribution in [2.75, 3.05) is 37.6 Å². The van der Waals surface area contributed by atoms with Crippen molar-refractivity contribution in [2.45, 2.75) is 20.1 Å². The van der Waals surface area contributed by atoms with Crippen molar-refractivity contribution in [2.24, 2.45) is 0 Å². The van der Waals surface area contributed by atoms with E-state index < -0.39 is 28.9 Å². The van der Waals surface area contributed by atoms with Gasteiger partial charge in [0.2, 0.25) is 11.3 Å². The second-order valence-corrected chi connectivity index (χ2v) is 8.57. The number of carbonyl (C=O) groups excluding carboxylic acids is 2. The molecule has 1 aliphatic heterocycles. The van der Waals surface area contributed by atoms with E-state index in [9.17, 15) is 24.3 Å². The lowest BCUT2D eigenvalue weighted by atomic mass is 10.1. The Bertz CT molecular complexity index is 1380. The molecule has 194 valence electrons. The molecule has 3 aromatic rings. The van der Waals surface area contributed by atoms with Crippen molar-refractivity contribution in [3.63, 3.8) is 0 Å². The average molecular weight is 511 g/mol. The summed E-state index contributed by atoms with van der Waals surface area (Å²) in [6, 6.07) is 11.8. The van der Waals surface area contributed by atoms with Crippen molar-refractivity contribution in [3.05, 3.63) is 75.8 Å². The van der Waals surface area contributed by atoms with Crippen LogP contribution in [0.15, 0.2) is 53.5 Å². The third kappa shape index (κ3) is 5.71. The number of aromatic carboxylic acids is 1. The van der Waals surface area contributed by atoms with Crippen molar-refractivity contribution < 1.29 is 28.6 Å². The summed E-state index contributed by atoms with van der Waals surface area (Å²) in [4.78, 5) is 51.8. The first kappa shape index (κ1) is 25.7. The summed E-state index contributed by atoms with van der Waals surface area (Å²) in [7, 11) is 0. The number of fused-ring (bicyclic) bond motifs is 1. The maximum absolute atomic E-state index is 15.0. The third-order valence-corrected chi connectivity index (χ3v) is 6.29. The average Bonchev–Trinajstić information content (AvgIpc) is 2.91. The number of ether oxygens (including phenoxy) is 1. The van der Waals surface area contributed by atoms with Gasteiger partial charge < -0.3 is 29.5 Å². The van der Waals surface area contributed by atoms with E-state index >= 15 is 4.39 Å². The minimum atomic E-state index is -1.36. The minimum absolute atomic E-state index is 0.00189. The highest BCUT2D eigenvalue weighted by Crippen LogP contribution is 2.26. The second kappa shape index (κ2) is 11.1. The lowest BCUT2D eigenvalue weighted by Crippen LogP contribution is -2.51. The number of carbonyl (C=O) groups is 3. The first-order chi connectivity index (χ1) is 17.8. The Kier molecular flexibility index (Phi) is 7.71. The zero-order chi connectivity index (χ0) is 26.5. The van der Waals surface area contributed by atoms with Crippen LogP contribution in [0.5, 0.6) is 0 Å². The molecular formula is C26H27FN4O6. The number of carboxylic acids is 1. The van der Waals surface area contributed by atoms with Gasteiger partial charge in [-0.2, -0.15) is 0 Å². The van der Waals surface area contributed by atoms with E-state index in [4.69, 9.17) is 4.74 Å². The topological polar surface area (TPSA) is 121 Å². The molecule has 1 saturated heterocycles. The smallest absolute Gasteiger partial charge is 0.407 e. The van der Waals surface area contributed by atoms with Crippen LogP contribution in [0, 0.1) is 5.82 Å². The molecule has 37 heavy (non-hydrogen) atoms. The maximum Gasteiger partial charge on any atom is 0.407 e. The maximum atomic E-state index is 15.0. The number of alkyl carbamates (subject to hydrolysis) is 1. The summed E-state index contributed by atoms with van der Waals surface area (Å²) in [6.07, 6.45) is 0.575. The highest BCUT2D eigenvalue weighted by molar-refractivity contribution is 5.93. The quantitative estimate of drug-likeness (QED) is 0.501. The molecule has 4 rings (SSSR count). The summed E-state index contributed by atoms with van der Waals surface area (Å²) in [5.74, 6) is -2.29. The molecule has 0 atom stereocenters. The first-order valence-corrected chi connectivity index (χ1v) is 11.9. The highest BCUT2D eigenvalue weighted by Gasteiger charge is 2.25. The van der Waals surface area contributed by atoms with Crippen LogP contribution in [0.2, 0.25) is 0 Å². The molecule has 2 heterocycles. The number of nitrogens with zero attached hydrogens (tertiary/aromatic N) is 3. The van der Waals surface area contributed by atoms with E-state index in [-0.39, 0.29) is 30.1 Å². The van der Waals surface area contributed by atoms with Crippen molar-refractivity contribution in [1.29, 1.82) is 0 Å². The minimum Gasteiger partial charge on any atom is -0.477 e. The number of anilines is 1. The number of amides is 2. The van der Waals surface area contributed by atoms with E-state index in [2.05, 4.69) is 5.32 Å². The number of carboxylic acid groups (broad SMARTS) is 1. The summed E-state index contributed by atoms with van der Waals surface area (Å²) >= 11 is 0. The fraction of sp³-hybridized carbons (Fsp3) is 0.308. The molecule has 1 fully saturated rings. The Morgan fingerprint density at radius 2 is 1.78 bits per heavy atom.